The van der Waals surface area contributed by atoms with Crippen molar-refractivity contribution in [1.82, 2.24) is 0 Å². The van der Waals surface area contributed by atoms with Gasteiger partial charge in [-0.3, -0.25) is 15.1 Å². The maximum absolute atomic E-state index is 10.5. The van der Waals surface area contributed by atoms with Crippen molar-refractivity contribution in [3.8, 4) is 0 Å². The molecule has 0 spiro atoms. The van der Waals surface area contributed by atoms with Crippen LogP contribution in [0.15, 0.2) is 29.3 Å². The number of aliphatic imine (C=N–C) groups is 1. The first-order valence-corrected chi connectivity index (χ1v) is 7.98. The molecule has 0 saturated heterocycles. The number of benzene rings is 1. The van der Waals surface area contributed by atoms with E-state index >= 15 is 0 Å². The van der Waals surface area contributed by atoms with Crippen molar-refractivity contribution in [2.75, 3.05) is 6.54 Å². The number of nitro groups is 1. The van der Waals surface area contributed by atoms with Crippen molar-refractivity contribution >= 4 is 11.9 Å². The maximum Gasteiger partial charge on any atom is 0.269 e. The predicted octanol–water partition coefficient (Wildman–Crippen LogP) is 5.15. The van der Waals surface area contributed by atoms with Gasteiger partial charge in [0.15, 0.2) is 0 Å². The predicted molar refractivity (Wildman–Crippen MR) is 88.2 cm³/mol. The number of nitrogens with zero attached hydrogens (tertiary/aromatic N) is 2. The van der Waals surface area contributed by atoms with Crippen molar-refractivity contribution in [1.29, 1.82) is 0 Å². The molecular formula is C17H26N2O2. The van der Waals surface area contributed by atoms with Gasteiger partial charge in [0.1, 0.15) is 0 Å². The van der Waals surface area contributed by atoms with Crippen molar-refractivity contribution in [3.63, 3.8) is 0 Å². The standard InChI is InChI=1S/C17H26N2O2/c1-2-3-4-5-6-7-8-9-14-18-15-16-10-12-17(13-11-16)19(20)21/h10-13,15H,2-9,14H2,1H3. The molecule has 0 heterocycles. The third-order valence-electron chi connectivity index (χ3n) is 3.49. The minimum Gasteiger partial charge on any atom is -0.293 e. The molecule has 0 aliphatic heterocycles. The van der Waals surface area contributed by atoms with E-state index in [9.17, 15) is 10.1 Å². The SMILES string of the molecule is CCCCCCCCCCN=Cc1ccc([N+](=O)[O-])cc1. The van der Waals surface area contributed by atoms with Gasteiger partial charge in [-0.25, -0.2) is 0 Å². The average molecular weight is 290 g/mol. The fraction of sp³-hybridized carbons (Fsp3) is 0.588. The molecule has 116 valence electrons. The van der Waals surface area contributed by atoms with Crippen LogP contribution in [0.4, 0.5) is 5.69 Å². The molecule has 0 aromatic heterocycles. The Hall–Kier alpha value is -1.71. The molecule has 1 aromatic rings. The molecule has 1 rings (SSSR count). The highest BCUT2D eigenvalue weighted by Crippen LogP contribution is 2.11. The lowest BCUT2D eigenvalue weighted by atomic mass is 10.1. The molecule has 0 atom stereocenters. The molecule has 0 bridgehead atoms. The molecule has 0 saturated carbocycles. The largest absolute Gasteiger partial charge is 0.293 e. The van der Waals surface area contributed by atoms with Crippen LogP contribution in [-0.4, -0.2) is 17.7 Å². The molecule has 0 radical (unpaired) electrons. The maximum atomic E-state index is 10.5. The molecule has 4 heteroatoms. The van der Waals surface area contributed by atoms with Gasteiger partial charge in [0.2, 0.25) is 0 Å². The van der Waals surface area contributed by atoms with Gasteiger partial charge in [0.25, 0.3) is 5.69 Å². The van der Waals surface area contributed by atoms with Crippen LogP contribution in [0.5, 0.6) is 0 Å². The monoisotopic (exact) mass is 290 g/mol. The van der Waals surface area contributed by atoms with Gasteiger partial charge in [-0.1, -0.05) is 51.9 Å². The minimum absolute atomic E-state index is 0.121. The zero-order chi connectivity index (χ0) is 15.3. The first-order chi connectivity index (χ1) is 10.2. The number of nitro benzene ring substituents is 1. The van der Waals surface area contributed by atoms with E-state index in [0.717, 1.165) is 18.5 Å². The fourth-order valence-corrected chi connectivity index (χ4v) is 2.19. The van der Waals surface area contributed by atoms with Gasteiger partial charge in [-0.2, -0.15) is 0 Å². The van der Waals surface area contributed by atoms with E-state index in [2.05, 4.69) is 11.9 Å². The highest BCUT2D eigenvalue weighted by molar-refractivity contribution is 5.79. The van der Waals surface area contributed by atoms with Crippen molar-refractivity contribution in [2.24, 2.45) is 4.99 Å². The van der Waals surface area contributed by atoms with Gasteiger partial charge >= 0.3 is 0 Å². The summed E-state index contributed by atoms with van der Waals surface area (Å²) in [6.07, 6.45) is 12.2. The second-order valence-corrected chi connectivity index (χ2v) is 5.36. The van der Waals surface area contributed by atoms with Gasteiger partial charge in [0, 0.05) is 24.9 Å². The van der Waals surface area contributed by atoms with Crippen LogP contribution in [0.3, 0.4) is 0 Å². The fourth-order valence-electron chi connectivity index (χ4n) is 2.19. The highest BCUT2D eigenvalue weighted by atomic mass is 16.6. The quantitative estimate of drug-likeness (QED) is 0.245. The van der Waals surface area contributed by atoms with Crippen LogP contribution >= 0.6 is 0 Å². The van der Waals surface area contributed by atoms with E-state index in [1.165, 1.54) is 57.1 Å². The van der Waals surface area contributed by atoms with Gasteiger partial charge in [-0.15, -0.1) is 0 Å². The van der Waals surface area contributed by atoms with E-state index in [-0.39, 0.29) is 10.6 Å². The summed E-state index contributed by atoms with van der Waals surface area (Å²) >= 11 is 0. The molecule has 0 amide bonds. The Morgan fingerprint density at radius 1 is 1.00 bits per heavy atom. The summed E-state index contributed by atoms with van der Waals surface area (Å²) < 4.78 is 0. The zero-order valence-electron chi connectivity index (χ0n) is 13.0. The van der Waals surface area contributed by atoms with Crippen molar-refractivity contribution in [2.45, 2.75) is 58.3 Å². The Morgan fingerprint density at radius 3 is 2.14 bits per heavy atom. The Kier molecular flexibility index (Phi) is 9.09. The second kappa shape index (κ2) is 11.0. The van der Waals surface area contributed by atoms with Crippen LogP contribution in [0.25, 0.3) is 0 Å². The second-order valence-electron chi connectivity index (χ2n) is 5.36. The summed E-state index contributed by atoms with van der Waals surface area (Å²) in [6, 6.07) is 6.49. The van der Waals surface area contributed by atoms with Gasteiger partial charge < -0.3 is 0 Å². The third-order valence-corrected chi connectivity index (χ3v) is 3.49. The summed E-state index contributed by atoms with van der Waals surface area (Å²) in [7, 11) is 0. The Morgan fingerprint density at radius 2 is 1.57 bits per heavy atom. The van der Waals surface area contributed by atoms with E-state index in [1.54, 1.807) is 18.3 Å². The number of hydrogen-bond donors (Lipinski definition) is 0. The summed E-state index contributed by atoms with van der Waals surface area (Å²) in [6.45, 7) is 3.08. The van der Waals surface area contributed by atoms with E-state index in [4.69, 9.17) is 0 Å². The van der Waals surface area contributed by atoms with Crippen LogP contribution in [0, 0.1) is 10.1 Å². The highest BCUT2D eigenvalue weighted by Gasteiger charge is 2.02. The lowest BCUT2D eigenvalue weighted by Crippen LogP contribution is -1.89. The summed E-state index contributed by atoms with van der Waals surface area (Å²) in [5.74, 6) is 0. The first kappa shape index (κ1) is 17.3. The third kappa shape index (κ3) is 8.23. The lowest BCUT2D eigenvalue weighted by molar-refractivity contribution is -0.384. The molecule has 1 aromatic carbocycles. The molecule has 0 unspecified atom stereocenters. The van der Waals surface area contributed by atoms with Crippen LogP contribution in [0.1, 0.15) is 63.9 Å². The molecule has 0 aliphatic carbocycles. The number of hydrogen-bond acceptors (Lipinski definition) is 3. The Balaban J connectivity index is 2.08. The van der Waals surface area contributed by atoms with E-state index < -0.39 is 0 Å². The average Bonchev–Trinajstić information content (AvgIpc) is 2.49. The Bertz CT molecular complexity index is 427. The van der Waals surface area contributed by atoms with E-state index in [0.29, 0.717) is 0 Å². The lowest BCUT2D eigenvalue weighted by Gasteiger charge is -1.99. The summed E-state index contributed by atoms with van der Waals surface area (Å²) in [4.78, 5) is 14.5. The minimum atomic E-state index is -0.387. The molecule has 0 aliphatic rings. The van der Waals surface area contributed by atoms with Crippen molar-refractivity contribution < 1.29 is 4.92 Å². The topological polar surface area (TPSA) is 55.5 Å². The normalized spacial score (nSPS) is 11.1. The van der Waals surface area contributed by atoms with Gasteiger partial charge in [0.05, 0.1) is 4.92 Å². The van der Waals surface area contributed by atoms with Crippen LogP contribution in [0.2, 0.25) is 0 Å². The molecular weight excluding hydrogens is 264 g/mol. The van der Waals surface area contributed by atoms with Gasteiger partial charge in [-0.05, 0) is 24.1 Å². The molecule has 4 nitrogen and oxygen atoms in total. The molecule has 0 N–H and O–H groups in total. The van der Waals surface area contributed by atoms with Crippen molar-refractivity contribution in [3.05, 3.63) is 39.9 Å². The summed E-state index contributed by atoms with van der Waals surface area (Å²) in [5, 5.41) is 10.5. The molecule has 0 fully saturated rings. The van der Waals surface area contributed by atoms with Crippen LogP contribution in [-0.2, 0) is 0 Å². The first-order valence-electron chi connectivity index (χ1n) is 7.98. The Labute approximate surface area is 127 Å². The zero-order valence-corrected chi connectivity index (χ0v) is 13.0. The van der Waals surface area contributed by atoms with Crippen LogP contribution < -0.4 is 0 Å². The summed E-state index contributed by atoms with van der Waals surface area (Å²) in [5.41, 5.74) is 1.04. The number of non-ortho nitro benzene ring substituents is 1. The smallest absolute Gasteiger partial charge is 0.269 e. The van der Waals surface area contributed by atoms with E-state index in [1.807, 2.05) is 0 Å². The number of unbranched alkanes of at least 4 members (excludes halogenated alkanes) is 7. The number of rotatable bonds is 11. The molecule has 21 heavy (non-hydrogen) atoms.